The van der Waals surface area contributed by atoms with Gasteiger partial charge in [-0.15, -0.1) is 0 Å². The van der Waals surface area contributed by atoms with Crippen molar-refractivity contribution in [2.75, 3.05) is 14.1 Å². The van der Waals surface area contributed by atoms with Crippen LogP contribution in [0, 0.1) is 6.92 Å². The van der Waals surface area contributed by atoms with Crippen molar-refractivity contribution >= 4 is 16.8 Å². The summed E-state index contributed by atoms with van der Waals surface area (Å²) in [6, 6.07) is 6.14. The number of amides is 1. The second kappa shape index (κ2) is 4.48. The van der Waals surface area contributed by atoms with Crippen molar-refractivity contribution in [2.45, 2.75) is 6.92 Å². The average molecular weight is 269 g/mol. The van der Waals surface area contributed by atoms with Crippen LogP contribution in [0.15, 0.2) is 24.4 Å². The summed E-state index contributed by atoms with van der Waals surface area (Å²) in [5.74, 6) is 0.568. The summed E-state index contributed by atoms with van der Waals surface area (Å²) in [4.78, 5) is 20.8. The van der Waals surface area contributed by atoms with Crippen molar-refractivity contribution in [2.24, 2.45) is 0 Å². The number of nitrogens with one attached hydrogen (secondary N) is 2. The molecule has 0 saturated heterocycles. The second-order valence-corrected chi connectivity index (χ2v) is 4.96. The number of carbonyl (C=O) groups excluding carboxylic acids is 1. The van der Waals surface area contributed by atoms with Crippen LogP contribution in [0.3, 0.4) is 0 Å². The fourth-order valence-corrected chi connectivity index (χ4v) is 2.11. The van der Waals surface area contributed by atoms with Crippen LogP contribution in [0.25, 0.3) is 22.3 Å². The van der Waals surface area contributed by atoms with E-state index in [9.17, 15) is 4.79 Å². The molecule has 1 aromatic carbocycles. The van der Waals surface area contributed by atoms with E-state index in [4.69, 9.17) is 0 Å². The molecule has 0 saturated carbocycles. The first kappa shape index (κ1) is 12.4. The van der Waals surface area contributed by atoms with E-state index in [1.165, 1.54) is 10.5 Å². The van der Waals surface area contributed by atoms with Gasteiger partial charge < -0.3 is 9.88 Å². The monoisotopic (exact) mass is 269 g/mol. The van der Waals surface area contributed by atoms with Crippen LogP contribution in [0.5, 0.6) is 0 Å². The highest BCUT2D eigenvalue weighted by atomic mass is 16.2. The number of benzene rings is 1. The van der Waals surface area contributed by atoms with E-state index in [0.29, 0.717) is 5.82 Å². The Labute approximate surface area is 115 Å². The fourth-order valence-electron chi connectivity index (χ4n) is 2.11. The molecule has 0 spiro atoms. The van der Waals surface area contributed by atoms with E-state index >= 15 is 0 Å². The molecule has 0 aliphatic rings. The molecular formula is C14H15N5O. The number of rotatable bonds is 2. The van der Waals surface area contributed by atoms with Crippen molar-refractivity contribution < 1.29 is 4.79 Å². The van der Waals surface area contributed by atoms with Crippen molar-refractivity contribution in [3.8, 4) is 11.4 Å². The number of nitrogens with zero attached hydrogens (tertiary/aromatic N) is 3. The Morgan fingerprint density at radius 1 is 1.30 bits per heavy atom. The molecule has 3 aromatic rings. The van der Waals surface area contributed by atoms with Crippen molar-refractivity contribution in [3.05, 3.63) is 35.8 Å². The highest BCUT2D eigenvalue weighted by Gasteiger charge is 2.16. The Kier molecular flexibility index (Phi) is 2.78. The van der Waals surface area contributed by atoms with Gasteiger partial charge in [-0.05, 0) is 19.1 Å². The molecule has 0 atom stereocenters. The fraction of sp³-hybridized carbons (Fsp3) is 0.214. The number of hydrogen-bond donors (Lipinski definition) is 2. The maximum atomic E-state index is 11.8. The molecule has 3 rings (SSSR count). The number of hydrogen-bond acceptors (Lipinski definition) is 3. The van der Waals surface area contributed by atoms with Gasteiger partial charge in [0.05, 0.1) is 0 Å². The Bertz CT molecular complexity index is 784. The Balaban J connectivity index is 2.08. The quantitative estimate of drug-likeness (QED) is 0.746. The summed E-state index contributed by atoms with van der Waals surface area (Å²) >= 11 is 0. The minimum Gasteiger partial charge on any atom is -0.360 e. The standard InChI is InChI=1S/C14H15N5O/c1-8-4-5-11-9(6-8)10(7-15-11)12-16-13(18-17-12)14(20)19(2)3/h4-7,15H,1-3H3,(H,16,17,18). The lowest BCUT2D eigenvalue weighted by Crippen LogP contribution is -2.22. The Hall–Kier alpha value is -2.63. The van der Waals surface area contributed by atoms with Gasteiger partial charge in [0.15, 0.2) is 5.82 Å². The van der Waals surface area contributed by atoms with Gasteiger partial charge in [0.1, 0.15) is 0 Å². The first-order valence-corrected chi connectivity index (χ1v) is 6.28. The third-order valence-electron chi connectivity index (χ3n) is 3.17. The van der Waals surface area contributed by atoms with E-state index in [1.807, 2.05) is 25.3 Å². The predicted octanol–water partition coefficient (Wildman–Crippen LogP) is 1.96. The number of H-pyrrole nitrogens is 2. The van der Waals surface area contributed by atoms with Gasteiger partial charge in [-0.1, -0.05) is 11.6 Å². The molecule has 6 nitrogen and oxygen atoms in total. The maximum absolute atomic E-state index is 11.8. The summed E-state index contributed by atoms with van der Waals surface area (Å²) in [5.41, 5.74) is 3.08. The zero-order valence-electron chi connectivity index (χ0n) is 11.6. The minimum atomic E-state index is -0.195. The number of carbonyl (C=O) groups is 1. The average Bonchev–Trinajstić information content (AvgIpc) is 3.02. The highest BCUT2D eigenvalue weighted by Crippen LogP contribution is 2.26. The van der Waals surface area contributed by atoms with Crippen LogP contribution in [0.2, 0.25) is 0 Å². The zero-order valence-corrected chi connectivity index (χ0v) is 11.6. The SMILES string of the molecule is Cc1ccc2[nH]cc(-c3n[nH]c(C(=O)N(C)C)n3)c2c1. The van der Waals surface area contributed by atoms with Crippen LogP contribution in [-0.2, 0) is 0 Å². The van der Waals surface area contributed by atoms with Gasteiger partial charge in [-0.2, -0.15) is 5.10 Å². The molecule has 0 aliphatic carbocycles. The van der Waals surface area contributed by atoms with Gasteiger partial charge >= 0.3 is 0 Å². The molecule has 0 unspecified atom stereocenters. The molecule has 0 aliphatic heterocycles. The topological polar surface area (TPSA) is 77.7 Å². The van der Waals surface area contributed by atoms with Gasteiger partial charge in [-0.3, -0.25) is 9.89 Å². The van der Waals surface area contributed by atoms with Crippen LogP contribution in [0.4, 0.5) is 0 Å². The van der Waals surface area contributed by atoms with Crippen molar-refractivity contribution in [3.63, 3.8) is 0 Å². The third kappa shape index (κ3) is 1.95. The van der Waals surface area contributed by atoms with Crippen LogP contribution < -0.4 is 0 Å². The largest absolute Gasteiger partial charge is 0.360 e. The van der Waals surface area contributed by atoms with Gasteiger partial charge in [0, 0.05) is 36.8 Å². The van der Waals surface area contributed by atoms with Crippen LogP contribution >= 0.6 is 0 Å². The molecule has 0 bridgehead atoms. The van der Waals surface area contributed by atoms with E-state index in [1.54, 1.807) is 14.1 Å². The second-order valence-electron chi connectivity index (χ2n) is 4.96. The van der Waals surface area contributed by atoms with E-state index in [-0.39, 0.29) is 11.7 Å². The molecule has 2 aromatic heterocycles. The Morgan fingerprint density at radius 3 is 2.85 bits per heavy atom. The molecule has 0 fully saturated rings. The van der Waals surface area contributed by atoms with Crippen molar-refractivity contribution in [1.29, 1.82) is 0 Å². The Morgan fingerprint density at radius 2 is 2.10 bits per heavy atom. The minimum absolute atomic E-state index is 0.195. The van der Waals surface area contributed by atoms with E-state index < -0.39 is 0 Å². The molecule has 2 heterocycles. The van der Waals surface area contributed by atoms with E-state index in [0.717, 1.165) is 16.5 Å². The first-order chi connectivity index (χ1) is 9.56. The van der Waals surface area contributed by atoms with Crippen LogP contribution in [-0.4, -0.2) is 45.1 Å². The summed E-state index contributed by atoms with van der Waals surface area (Å²) in [7, 11) is 3.36. The lowest BCUT2D eigenvalue weighted by molar-refractivity contribution is 0.0816. The molecule has 20 heavy (non-hydrogen) atoms. The number of aromatic amines is 2. The molecule has 2 N–H and O–H groups in total. The zero-order chi connectivity index (χ0) is 14.3. The molecule has 102 valence electrons. The number of aromatic nitrogens is 4. The molecular weight excluding hydrogens is 254 g/mol. The first-order valence-electron chi connectivity index (χ1n) is 6.28. The third-order valence-corrected chi connectivity index (χ3v) is 3.17. The smallest absolute Gasteiger partial charge is 0.290 e. The number of aryl methyl sites for hydroxylation is 1. The summed E-state index contributed by atoms with van der Waals surface area (Å²) in [5, 5.41) is 7.88. The van der Waals surface area contributed by atoms with E-state index in [2.05, 4.69) is 26.2 Å². The normalized spacial score (nSPS) is 10.9. The molecule has 1 amide bonds. The van der Waals surface area contributed by atoms with Gasteiger partial charge in [0.2, 0.25) is 5.82 Å². The summed E-state index contributed by atoms with van der Waals surface area (Å²) in [6.45, 7) is 2.04. The molecule has 0 radical (unpaired) electrons. The van der Waals surface area contributed by atoms with Crippen LogP contribution in [0.1, 0.15) is 16.2 Å². The molecule has 6 heteroatoms. The summed E-state index contributed by atoms with van der Waals surface area (Å²) < 4.78 is 0. The van der Waals surface area contributed by atoms with Gasteiger partial charge in [0.25, 0.3) is 5.91 Å². The maximum Gasteiger partial charge on any atom is 0.290 e. The number of fused-ring (bicyclic) bond motifs is 1. The van der Waals surface area contributed by atoms with Crippen molar-refractivity contribution in [1.82, 2.24) is 25.1 Å². The summed E-state index contributed by atoms with van der Waals surface area (Å²) in [6.07, 6.45) is 1.86. The predicted molar refractivity (Wildman–Crippen MR) is 76.4 cm³/mol. The highest BCUT2D eigenvalue weighted by molar-refractivity contribution is 5.95. The lowest BCUT2D eigenvalue weighted by Gasteiger charge is -2.05. The lowest BCUT2D eigenvalue weighted by atomic mass is 10.1. The van der Waals surface area contributed by atoms with Gasteiger partial charge in [-0.25, -0.2) is 4.98 Å².